The third kappa shape index (κ3) is 4.64. The lowest BCUT2D eigenvalue weighted by Crippen LogP contribution is -2.51. The summed E-state index contributed by atoms with van der Waals surface area (Å²) in [5.41, 5.74) is 3.89. The molecule has 0 radical (unpaired) electrons. The summed E-state index contributed by atoms with van der Waals surface area (Å²) >= 11 is 0. The summed E-state index contributed by atoms with van der Waals surface area (Å²) in [6.07, 6.45) is -0.136. The van der Waals surface area contributed by atoms with Crippen LogP contribution >= 0.6 is 0 Å². The maximum Gasteiger partial charge on any atom is 0.165 e. The van der Waals surface area contributed by atoms with Crippen LogP contribution in [0.15, 0.2) is 18.2 Å². The molecule has 0 amide bonds. The van der Waals surface area contributed by atoms with Crippen molar-refractivity contribution in [1.29, 1.82) is 0 Å². The van der Waals surface area contributed by atoms with Gasteiger partial charge >= 0.3 is 0 Å². The van der Waals surface area contributed by atoms with Crippen molar-refractivity contribution in [2.75, 3.05) is 46.9 Å². The molecule has 5 nitrogen and oxygen atoms in total. The molecule has 0 saturated carbocycles. The van der Waals surface area contributed by atoms with Gasteiger partial charge in [0.1, 0.15) is 0 Å². The second-order valence-electron chi connectivity index (χ2n) is 5.40. The van der Waals surface area contributed by atoms with Crippen molar-refractivity contribution in [3.8, 4) is 5.75 Å². The Morgan fingerprint density at radius 3 is 2.67 bits per heavy atom. The zero-order valence-corrected chi connectivity index (χ0v) is 12.7. The molecule has 1 fully saturated rings. The van der Waals surface area contributed by atoms with Crippen LogP contribution in [0.1, 0.15) is 18.1 Å². The van der Waals surface area contributed by atoms with Crippen molar-refractivity contribution in [2.24, 2.45) is 0 Å². The fourth-order valence-electron chi connectivity index (χ4n) is 2.38. The number of hydrazine groups is 1. The zero-order valence-electron chi connectivity index (χ0n) is 12.7. The van der Waals surface area contributed by atoms with E-state index in [2.05, 4.69) is 22.4 Å². The number of aliphatic hydroxyl groups excluding tert-OH is 1. The van der Waals surface area contributed by atoms with Gasteiger partial charge in [-0.05, 0) is 31.2 Å². The van der Waals surface area contributed by atoms with Crippen LogP contribution in [-0.4, -0.2) is 61.9 Å². The summed E-state index contributed by atoms with van der Waals surface area (Å²) in [7, 11) is 3.54. The van der Waals surface area contributed by atoms with Crippen LogP contribution in [0.2, 0.25) is 0 Å². The van der Waals surface area contributed by atoms with Crippen molar-refractivity contribution < 1.29 is 14.2 Å². The Hall–Kier alpha value is -1.21. The van der Waals surface area contributed by atoms with Gasteiger partial charge in [0.15, 0.2) is 11.6 Å². The van der Waals surface area contributed by atoms with Crippen LogP contribution in [0.25, 0.3) is 0 Å². The van der Waals surface area contributed by atoms with Crippen molar-refractivity contribution >= 4 is 0 Å². The number of nitrogens with one attached hydrogen (secondary N) is 1. The molecule has 1 aliphatic rings. The fourth-order valence-corrected chi connectivity index (χ4v) is 2.38. The van der Waals surface area contributed by atoms with Crippen LogP contribution < -0.4 is 10.2 Å². The smallest absolute Gasteiger partial charge is 0.165 e. The van der Waals surface area contributed by atoms with Gasteiger partial charge in [0.05, 0.1) is 13.2 Å². The molecule has 2 rings (SSSR count). The monoisotopic (exact) mass is 297 g/mol. The van der Waals surface area contributed by atoms with E-state index in [1.807, 2.05) is 0 Å². The maximum absolute atomic E-state index is 13.6. The molecule has 0 aliphatic carbocycles. The van der Waals surface area contributed by atoms with Crippen molar-refractivity contribution in [3.05, 3.63) is 29.6 Å². The molecule has 1 aliphatic heterocycles. The third-order valence-corrected chi connectivity index (χ3v) is 3.82. The van der Waals surface area contributed by atoms with E-state index >= 15 is 0 Å². The molecule has 21 heavy (non-hydrogen) atoms. The molecule has 1 saturated heterocycles. The molecule has 0 aromatic heterocycles. The molecule has 118 valence electrons. The number of rotatable bonds is 6. The molecule has 0 bridgehead atoms. The second-order valence-corrected chi connectivity index (χ2v) is 5.40. The molecule has 1 aromatic carbocycles. The van der Waals surface area contributed by atoms with Crippen LogP contribution in [0.5, 0.6) is 5.75 Å². The summed E-state index contributed by atoms with van der Waals surface area (Å²) in [5, 5.41) is 12.3. The lowest BCUT2D eigenvalue weighted by molar-refractivity contribution is 0.0920. The van der Waals surface area contributed by atoms with E-state index in [0.717, 1.165) is 26.2 Å². The molecular weight excluding hydrogens is 273 g/mol. The van der Waals surface area contributed by atoms with Gasteiger partial charge in [-0.15, -0.1) is 0 Å². The second kappa shape index (κ2) is 7.70. The van der Waals surface area contributed by atoms with Gasteiger partial charge in [-0.1, -0.05) is 6.07 Å². The SMILES string of the molecule is COc1ccc(C(O)CCNN2CCN(C)CC2)cc1F. The minimum absolute atomic E-state index is 0.196. The van der Waals surface area contributed by atoms with Gasteiger partial charge in [-0.25, -0.2) is 9.40 Å². The first kappa shape index (κ1) is 16.2. The summed E-state index contributed by atoms with van der Waals surface area (Å²) in [4.78, 5) is 2.28. The highest BCUT2D eigenvalue weighted by molar-refractivity contribution is 5.30. The van der Waals surface area contributed by atoms with Gasteiger partial charge in [-0.2, -0.15) is 0 Å². The van der Waals surface area contributed by atoms with E-state index in [1.54, 1.807) is 12.1 Å². The number of hydrogen-bond acceptors (Lipinski definition) is 5. The lowest BCUT2D eigenvalue weighted by atomic mass is 10.1. The highest BCUT2D eigenvalue weighted by Crippen LogP contribution is 2.23. The standard InChI is InChI=1S/C15H24FN3O2/c1-18-7-9-19(10-8-18)17-6-5-14(20)12-3-4-15(21-2)13(16)11-12/h3-4,11,14,17,20H,5-10H2,1-2H3. The van der Waals surface area contributed by atoms with E-state index in [1.165, 1.54) is 13.2 Å². The molecule has 1 unspecified atom stereocenters. The van der Waals surface area contributed by atoms with Gasteiger partial charge in [-0.3, -0.25) is 5.43 Å². The number of ether oxygens (including phenoxy) is 1. The summed E-state index contributed by atoms with van der Waals surface area (Å²) in [6, 6.07) is 4.57. The van der Waals surface area contributed by atoms with Gasteiger partial charge in [0, 0.05) is 32.7 Å². The normalized spacial score (nSPS) is 18.7. The number of piperazine rings is 1. The quantitative estimate of drug-likeness (QED) is 0.821. The van der Waals surface area contributed by atoms with Crippen molar-refractivity contribution in [1.82, 2.24) is 15.3 Å². The summed E-state index contributed by atoms with van der Waals surface area (Å²) < 4.78 is 18.5. The number of nitrogens with zero attached hydrogens (tertiary/aromatic N) is 2. The Bertz CT molecular complexity index is 451. The van der Waals surface area contributed by atoms with Crippen LogP contribution in [-0.2, 0) is 0 Å². The minimum Gasteiger partial charge on any atom is -0.494 e. The molecule has 0 spiro atoms. The Labute approximate surface area is 125 Å². The van der Waals surface area contributed by atoms with Crippen molar-refractivity contribution in [3.63, 3.8) is 0 Å². The molecule has 1 aromatic rings. The predicted molar refractivity (Wildman–Crippen MR) is 79.6 cm³/mol. The molecule has 1 heterocycles. The average Bonchev–Trinajstić information content (AvgIpc) is 2.49. The number of hydrogen-bond donors (Lipinski definition) is 2. The molecule has 6 heteroatoms. The molecular formula is C15H24FN3O2. The van der Waals surface area contributed by atoms with Crippen LogP contribution in [0, 0.1) is 5.82 Å². The van der Waals surface area contributed by atoms with Gasteiger partial charge in [0.2, 0.25) is 0 Å². The number of methoxy groups -OCH3 is 1. The lowest BCUT2D eigenvalue weighted by Gasteiger charge is -2.32. The highest BCUT2D eigenvalue weighted by atomic mass is 19.1. The summed E-state index contributed by atoms with van der Waals surface area (Å²) in [6.45, 7) is 4.70. The van der Waals surface area contributed by atoms with E-state index < -0.39 is 11.9 Å². The minimum atomic E-state index is -0.676. The van der Waals surface area contributed by atoms with Crippen LogP contribution in [0.4, 0.5) is 4.39 Å². The van der Waals surface area contributed by atoms with E-state index in [4.69, 9.17) is 4.74 Å². The number of halogens is 1. The van der Waals surface area contributed by atoms with Crippen LogP contribution in [0.3, 0.4) is 0 Å². The molecule has 2 N–H and O–H groups in total. The van der Waals surface area contributed by atoms with E-state index in [9.17, 15) is 9.50 Å². The van der Waals surface area contributed by atoms with E-state index in [0.29, 0.717) is 18.5 Å². The first-order valence-electron chi connectivity index (χ1n) is 7.28. The third-order valence-electron chi connectivity index (χ3n) is 3.82. The first-order valence-corrected chi connectivity index (χ1v) is 7.28. The van der Waals surface area contributed by atoms with Crippen molar-refractivity contribution in [2.45, 2.75) is 12.5 Å². The highest BCUT2D eigenvalue weighted by Gasteiger charge is 2.15. The maximum atomic E-state index is 13.6. The number of likely N-dealkylation sites (N-methyl/N-ethyl adjacent to an activating group) is 1. The summed E-state index contributed by atoms with van der Waals surface area (Å²) in [5.74, 6) is -0.248. The topological polar surface area (TPSA) is 48.0 Å². The first-order chi connectivity index (χ1) is 10.1. The molecule has 1 atom stereocenters. The largest absolute Gasteiger partial charge is 0.494 e. The van der Waals surface area contributed by atoms with E-state index in [-0.39, 0.29) is 5.75 Å². The zero-order chi connectivity index (χ0) is 15.2. The Morgan fingerprint density at radius 2 is 2.05 bits per heavy atom. The predicted octanol–water partition coefficient (Wildman–Crippen LogP) is 1.01. The average molecular weight is 297 g/mol. The Morgan fingerprint density at radius 1 is 1.33 bits per heavy atom. The fraction of sp³-hybridized carbons (Fsp3) is 0.600. The van der Waals surface area contributed by atoms with Gasteiger partial charge < -0.3 is 14.7 Å². The van der Waals surface area contributed by atoms with Gasteiger partial charge in [0.25, 0.3) is 0 Å². The number of aliphatic hydroxyl groups is 1. The number of benzene rings is 1. The Kier molecular flexibility index (Phi) is 5.93. The Balaban J connectivity index is 1.76.